The van der Waals surface area contributed by atoms with Crippen molar-refractivity contribution in [2.75, 3.05) is 0 Å². The lowest BCUT2D eigenvalue weighted by Crippen LogP contribution is -2.30. The molecule has 148 valence electrons. The van der Waals surface area contributed by atoms with Crippen molar-refractivity contribution < 1.29 is 8.42 Å². The SMILES string of the molecule is CCn1cc(CN(Cc2ccccc2)S(=O)(=O)c2ccc3ccccc3c2)cn1. The monoisotopic (exact) mass is 405 g/mol. The molecule has 0 radical (unpaired) electrons. The molecule has 0 unspecified atom stereocenters. The summed E-state index contributed by atoms with van der Waals surface area (Å²) in [5.74, 6) is 0. The molecular weight excluding hydrogens is 382 g/mol. The second-order valence-electron chi connectivity index (χ2n) is 6.97. The van der Waals surface area contributed by atoms with E-state index in [1.165, 1.54) is 4.31 Å². The van der Waals surface area contributed by atoms with Crippen LogP contribution in [-0.4, -0.2) is 22.5 Å². The lowest BCUT2D eigenvalue weighted by atomic mass is 10.1. The summed E-state index contributed by atoms with van der Waals surface area (Å²) in [6.45, 7) is 3.32. The molecule has 0 aliphatic heterocycles. The van der Waals surface area contributed by atoms with Crippen LogP contribution in [0.4, 0.5) is 0 Å². The fraction of sp³-hybridized carbons (Fsp3) is 0.174. The predicted molar refractivity (Wildman–Crippen MR) is 115 cm³/mol. The van der Waals surface area contributed by atoms with Gasteiger partial charge in [0.2, 0.25) is 10.0 Å². The van der Waals surface area contributed by atoms with Gasteiger partial charge in [-0.2, -0.15) is 9.40 Å². The van der Waals surface area contributed by atoms with E-state index in [4.69, 9.17) is 0 Å². The highest BCUT2D eigenvalue weighted by Gasteiger charge is 2.25. The van der Waals surface area contributed by atoms with Crippen LogP contribution in [-0.2, 0) is 29.7 Å². The molecule has 1 aromatic heterocycles. The molecule has 0 fully saturated rings. The van der Waals surface area contributed by atoms with Crippen molar-refractivity contribution in [3.63, 3.8) is 0 Å². The molecule has 0 saturated carbocycles. The fourth-order valence-electron chi connectivity index (χ4n) is 3.35. The Labute approximate surface area is 171 Å². The van der Waals surface area contributed by atoms with Gasteiger partial charge < -0.3 is 0 Å². The molecule has 4 rings (SSSR count). The molecule has 0 atom stereocenters. The van der Waals surface area contributed by atoms with E-state index in [-0.39, 0.29) is 6.54 Å². The molecule has 0 N–H and O–H groups in total. The molecule has 0 amide bonds. The average Bonchev–Trinajstić information content (AvgIpc) is 3.21. The van der Waals surface area contributed by atoms with Crippen LogP contribution >= 0.6 is 0 Å². The van der Waals surface area contributed by atoms with Gasteiger partial charge in [-0.25, -0.2) is 8.42 Å². The molecule has 5 nitrogen and oxygen atoms in total. The van der Waals surface area contributed by atoms with Crippen molar-refractivity contribution in [1.82, 2.24) is 14.1 Å². The van der Waals surface area contributed by atoms with Crippen LogP contribution < -0.4 is 0 Å². The van der Waals surface area contributed by atoms with E-state index in [2.05, 4.69) is 5.10 Å². The first kappa shape index (κ1) is 19.4. The Balaban J connectivity index is 1.72. The third-order valence-electron chi connectivity index (χ3n) is 4.93. The lowest BCUT2D eigenvalue weighted by molar-refractivity contribution is 0.401. The maximum atomic E-state index is 13.6. The number of hydrogen-bond donors (Lipinski definition) is 0. The molecule has 29 heavy (non-hydrogen) atoms. The minimum absolute atomic E-state index is 0.268. The number of hydrogen-bond acceptors (Lipinski definition) is 3. The van der Waals surface area contributed by atoms with Gasteiger partial charge in [0.1, 0.15) is 0 Å². The molecule has 0 bridgehead atoms. The average molecular weight is 406 g/mol. The third-order valence-corrected chi connectivity index (χ3v) is 6.72. The molecule has 0 spiro atoms. The van der Waals surface area contributed by atoms with Gasteiger partial charge >= 0.3 is 0 Å². The number of aromatic nitrogens is 2. The number of aryl methyl sites for hydroxylation is 1. The minimum atomic E-state index is -3.69. The smallest absolute Gasteiger partial charge is 0.243 e. The zero-order valence-electron chi connectivity index (χ0n) is 16.3. The maximum absolute atomic E-state index is 13.6. The Bertz CT molecular complexity index is 1220. The first-order valence-corrected chi connectivity index (χ1v) is 11.0. The highest BCUT2D eigenvalue weighted by molar-refractivity contribution is 7.89. The highest BCUT2D eigenvalue weighted by atomic mass is 32.2. The Morgan fingerprint density at radius 3 is 2.28 bits per heavy atom. The van der Waals surface area contributed by atoms with Crippen molar-refractivity contribution in [2.45, 2.75) is 31.5 Å². The van der Waals surface area contributed by atoms with E-state index in [0.717, 1.165) is 28.4 Å². The first-order valence-electron chi connectivity index (χ1n) is 9.60. The van der Waals surface area contributed by atoms with E-state index in [1.807, 2.05) is 73.8 Å². The van der Waals surface area contributed by atoms with Gasteiger partial charge in [-0.3, -0.25) is 4.68 Å². The standard InChI is InChI=1S/C23H23N3O2S/c1-2-25-16-20(15-24-25)18-26(17-19-8-4-3-5-9-19)29(27,28)23-13-12-21-10-6-7-11-22(21)14-23/h3-16H,2,17-18H2,1H3. The van der Waals surface area contributed by atoms with E-state index in [1.54, 1.807) is 23.0 Å². The van der Waals surface area contributed by atoms with E-state index in [0.29, 0.717) is 11.4 Å². The van der Waals surface area contributed by atoms with Crippen molar-refractivity contribution in [2.24, 2.45) is 0 Å². The number of benzene rings is 3. The van der Waals surface area contributed by atoms with Crippen molar-refractivity contribution >= 4 is 20.8 Å². The van der Waals surface area contributed by atoms with Crippen LogP contribution in [0.1, 0.15) is 18.1 Å². The van der Waals surface area contributed by atoms with E-state index in [9.17, 15) is 8.42 Å². The number of rotatable bonds is 7. The largest absolute Gasteiger partial charge is 0.273 e. The summed E-state index contributed by atoms with van der Waals surface area (Å²) >= 11 is 0. The van der Waals surface area contributed by atoms with Crippen LogP contribution in [0.25, 0.3) is 10.8 Å². The Morgan fingerprint density at radius 1 is 0.862 bits per heavy atom. The van der Waals surface area contributed by atoms with Gasteiger partial charge in [-0.05, 0) is 35.4 Å². The van der Waals surface area contributed by atoms with Gasteiger partial charge in [0.05, 0.1) is 11.1 Å². The molecule has 3 aromatic carbocycles. The summed E-state index contributed by atoms with van der Waals surface area (Å²) in [5, 5.41) is 6.21. The number of sulfonamides is 1. The quantitative estimate of drug-likeness (QED) is 0.457. The highest BCUT2D eigenvalue weighted by Crippen LogP contribution is 2.24. The second kappa shape index (κ2) is 8.19. The molecular formula is C23H23N3O2S. The predicted octanol–water partition coefficient (Wildman–Crippen LogP) is 4.45. The van der Waals surface area contributed by atoms with Crippen LogP contribution in [0, 0.1) is 0 Å². The van der Waals surface area contributed by atoms with Crippen LogP contribution in [0.15, 0.2) is 90.1 Å². The Hall–Kier alpha value is -2.96. The van der Waals surface area contributed by atoms with Gasteiger partial charge in [-0.1, -0.05) is 60.7 Å². The van der Waals surface area contributed by atoms with Crippen molar-refractivity contribution in [1.29, 1.82) is 0 Å². The number of nitrogens with zero attached hydrogens (tertiary/aromatic N) is 3. The van der Waals surface area contributed by atoms with Crippen LogP contribution in [0.2, 0.25) is 0 Å². The first-order chi connectivity index (χ1) is 14.1. The lowest BCUT2D eigenvalue weighted by Gasteiger charge is -2.22. The van der Waals surface area contributed by atoms with Crippen molar-refractivity contribution in [3.05, 3.63) is 96.3 Å². The van der Waals surface area contributed by atoms with Gasteiger partial charge in [0.25, 0.3) is 0 Å². The summed E-state index contributed by atoms with van der Waals surface area (Å²) in [5.41, 5.74) is 1.81. The van der Waals surface area contributed by atoms with Crippen LogP contribution in [0.5, 0.6) is 0 Å². The maximum Gasteiger partial charge on any atom is 0.243 e. The summed E-state index contributed by atoms with van der Waals surface area (Å²) < 4.78 is 30.4. The topological polar surface area (TPSA) is 55.2 Å². The fourth-order valence-corrected chi connectivity index (χ4v) is 4.81. The second-order valence-corrected chi connectivity index (χ2v) is 8.91. The van der Waals surface area contributed by atoms with Crippen molar-refractivity contribution in [3.8, 4) is 0 Å². The third kappa shape index (κ3) is 4.23. The Morgan fingerprint density at radius 2 is 1.55 bits per heavy atom. The minimum Gasteiger partial charge on any atom is -0.273 e. The molecule has 0 aliphatic carbocycles. The molecule has 0 saturated heterocycles. The van der Waals surface area contributed by atoms with Crippen LogP contribution in [0.3, 0.4) is 0 Å². The van der Waals surface area contributed by atoms with Gasteiger partial charge in [0.15, 0.2) is 0 Å². The Kier molecular flexibility index (Phi) is 5.47. The van der Waals surface area contributed by atoms with E-state index >= 15 is 0 Å². The van der Waals surface area contributed by atoms with E-state index < -0.39 is 10.0 Å². The molecule has 6 heteroatoms. The number of fused-ring (bicyclic) bond motifs is 1. The van der Waals surface area contributed by atoms with Gasteiger partial charge in [-0.15, -0.1) is 0 Å². The normalized spacial score (nSPS) is 11.9. The van der Waals surface area contributed by atoms with Gasteiger partial charge in [0, 0.05) is 31.4 Å². The molecule has 1 heterocycles. The zero-order valence-corrected chi connectivity index (χ0v) is 17.1. The summed E-state index contributed by atoms with van der Waals surface area (Å²) in [6, 6.07) is 22.7. The summed E-state index contributed by atoms with van der Waals surface area (Å²) in [4.78, 5) is 0.301. The molecule has 4 aromatic rings. The molecule has 0 aliphatic rings. The summed E-state index contributed by atoms with van der Waals surface area (Å²) in [6.07, 6.45) is 3.63. The summed E-state index contributed by atoms with van der Waals surface area (Å²) in [7, 11) is -3.69. The zero-order chi connectivity index (χ0) is 20.3.